The number of methoxy groups -OCH3 is 1. The molecule has 0 N–H and O–H groups in total. The lowest BCUT2D eigenvalue weighted by atomic mass is 10.1. The summed E-state index contributed by atoms with van der Waals surface area (Å²) in [4.78, 5) is 41.1. The van der Waals surface area contributed by atoms with Gasteiger partial charge in [-0.05, 0) is 49.6 Å². The Hall–Kier alpha value is -3.55. The molecule has 2 aliphatic heterocycles. The van der Waals surface area contributed by atoms with Crippen LogP contribution in [0.1, 0.15) is 36.0 Å². The van der Waals surface area contributed by atoms with Gasteiger partial charge in [-0.2, -0.15) is 0 Å². The van der Waals surface area contributed by atoms with Gasteiger partial charge in [0.1, 0.15) is 17.2 Å². The van der Waals surface area contributed by atoms with Crippen molar-refractivity contribution >= 4 is 23.3 Å². The van der Waals surface area contributed by atoms with E-state index in [0.29, 0.717) is 47.9 Å². The van der Waals surface area contributed by atoms with E-state index < -0.39 is 0 Å². The summed E-state index contributed by atoms with van der Waals surface area (Å²) in [7, 11) is 1.56. The summed E-state index contributed by atoms with van der Waals surface area (Å²) in [5, 5.41) is 0. The van der Waals surface area contributed by atoms with Gasteiger partial charge in [-0.1, -0.05) is 6.07 Å². The molecule has 8 heteroatoms. The number of hydrogen-bond acceptors (Lipinski definition) is 6. The molecule has 4 rings (SSSR count). The number of benzene rings is 2. The molecule has 0 aliphatic carbocycles. The molecule has 0 saturated carbocycles. The molecule has 174 valence electrons. The van der Waals surface area contributed by atoms with E-state index in [1.807, 2.05) is 4.90 Å². The van der Waals surface area contributed by atoms with E-state index in [1.165, 1.54) is 0 Å². The predicted molar refractivity (Wildman–Crippen MR) is 122 cm³/mol. The van der Waals surface area contributed by atoms with Crippen molar-refractivity contribution in [2.45, 2.75) is 25.7 Å². The minimum Gasteiger partial charge on any atom is -0.497 e. The highest BCUT2D eigenvalue weighted by atomic mass is 16.5. The van der Waals surface area contributed by atoms with Crippen LogP contribution in [0.3, 0.4) is 0 Å². The molecule has 2 amide bonds. The number of carbonyl (C=O) groups is 3. The maximum absolute atomic E-state index is 12.7. The average molecular weight is 453 g/mol. The van der Waals surface area contributed by atoms with Crippen LogP contribution in [0, 0.1) is 0 Å². The van der Waals surface area contributed by atoms with E-state index in [4.69, 9.17) is 14.2 Å². The molecule has 2 aromatic rings. The molecular formula is C25H28N2O6. The van der Waals surface area contributed by atoms with E-state index >= 15 is 0 Å². The Bertz CT molecular complexity index is 1030. The Morgan fingerprint density at radius 3 is 2.64 bits per heavy atom. The summed E-state index contributed by atoms with van der Waals surface area (Å²) >= 11 is 0. The van der Waals surface area contributed by atoms with Gasteiger partial charge in [0, 0.05) is 37.7 Å². The van der Waals surface area contributed by atoms with Crippen molar-refractivity contribution in [2.24, 2.45) is 0 Å². The minimum atomic E-state index is -0.220. The molecule has 0 unspecified atom stereocenters. The third kappa shape index (κ3) is 5.45. The first-order chi connectivity index (χ1) is 16.0. The Kier molecular flexibility index (Phi) is 7.12. The van der Waals surface area contributed by atoms with Gasteiger partial charge in [0.25, 0.3) is 5.91 Å². The van der Waals surface area contributed by atoms with Crippen LogP contribution in [0.5, 0.6) is 17.2 Å². The van der Waals surface area contributed by atoms with Gasteiger partial charge >= 0.3 is 0 Å². The smallest absolute Gasteiger partial charge is 0.265 e. The Morgan fingerprint density at radius 2 is 1.85 bits per heavy atom. The van der Waals surface area contributed by atoms with E-state index in [-0.39, 0.29) is 30.8 Å². The molecule has 0 atom stereocenters. The van der Waals surface area contributed by atoms with Gasteiger partial charge in [0.05, 0.1) is 12.8 Å². The van der Waals surface area contributed by atoms with Gasteiger partial charge < -0.3 is 24.0 Å². The third-order valence-electron chi connectivity index (χ3n) is 5.87. The second-order valence-corrected chi connectivity index (χ2v) is 8.10. The molecule has 0 bridgehead atoms. The minimum absolute atomic E-state index is 0.0562. The van der Waals surface area contributed by atoms with Crippen LogP contribution in [-0.2, 0) is 9.59 Å². The van der Waals surface area contributed by atoms with Crippen LogP contribution in [-0.4, -0.2) is 62.5 Å². The predicted octanol–water partition coefficient (Wildman–Crippen LogP) is 3.08. The lowest BCUT2D eigenvalue weighted by Crippen LogP contribution is -2.40. The molecule has 0 radical (unpaired) electrons. The molecule has 33 heavy (non-hydrogen) atoms. The first kappa shape index (κ1) is 22.6. The monoisotopic (exact) mass is 452 g/mol. The zero-order valence-electron chi connectivity index (χ0n) is 18.7. The van der Waals surface area contributed by atoms with E-state index in [1.54, 1.807) is 54.5 Å². The topological polar surface area (TPSA) is 85.4 Å². The first-order valence-corrected chi connectivity index (χ1v) is 11.2. The van der Waals surface area contributed by atoms with Crippen LogP contribution >= 0.6 is 0 Å². The van der Waals surface area contributed by atoms with Crippen molar-refractivity contribution in [3.63, 3.8) is 0 Å². The van der Waals surface area contributed by atoms with Crippen molar-refractivity contribution in [1.82, 2.24) is 4.90 Å². The number of carbonyl (C=O) groups excluding carboxylic acids is 3. The third-order valence-corrected chi connectivity index (χ3v) is 5.87. The Labute approximate surface area is 193 Å². The molecule has 0 spiro atoms. The number of rotatable bonds is 9. The summed E-state index contributed by atoms with van der Waals surface area (Å²) in [6, 6.07) is 12.1. The molecule has 1 saturated heterocycles. The molecular weight excluding hydrogens is 424 g/mol. The number of ether oxygens (including phenoxy) is 3. The SMILES string of the molecule is COc1cccc(OCC(=O)c2ccc3c(c2)N(CCCC(=O)N2CCCC2)C(=O)CO3)c1. The van der Waals surface area contributed by atoms with Crippen LogP contribution in [0.4, 0.5) is 5.69 Å². The summed E-state index contributed by atoms with van der Waals surface area (Å²) in [6.07, 6.45) is 3.06. The zero-order valence-corrected chi connectivity index (χ0v) is 18.7. The van der Waals surface area contributed by atoms with E-state index in [2.05, 4.69) is 0 Å². The molecule has 2 heterocycles. The van der Waals surface area contributed by atoms with Crippen molar-refractivity contribution in [3.8, 4) is 17.2 Å². The number of amides is 2. The number of nitrogens with zero attached hydrogens (tertiary/aromatic N) is 2. The lowest BCUT2D eigenvalue weighted by Gasteiger charge is -2.30. The van der Waals surface area contributed by atoms with Crippen molar-refractivity contribution in [3.05, 3.63) is 48.0 Å². The van der Waals surface area contributed by atoms with Crippen LogP contribution in [0.2, 0.25) is 0 Å². The second kappa shape index (κ2) is 10.4. The van der Waals surface area contributed by atoms with Crippen molar-refractivity contribution in [1.29, 1.82) is 0 Å². The summed E-state index contributed by atoms with van der Waals surface area (Å²) < 4.78 is 16.3. The number of anilines is 1. The van der Waals surface area contributed by atoms with Gasteiger partial charge in [-0.15, -0.1) is 0 Å². The van der Waals surface area contributed by atoms with Crippen molar-refractivity contribution in [2.75, 3.05) is 44.9 Å². The highest BCUT2D eigenvalue weighted by Gasteiger charge is 2.27. The average Bonchev–Trinajstić information content (AvgIpc) is 3.39. The van der Waals surface area contributed by atoms with Crippen LogP contribution < -0.4 is 19.1 Å². The van der Waals surface area contributed by atoms with Gasteiger partial charge in [-0.25, -0.2) is 0 Å². The van der Waals surface area contributed by atoms with Crippen LogP contribution in [0.25, 0.3) is 0 Å². The van der Waals surface area contributed by atoms with Gasteiger partial charge in [-0.3, -0.25) is 14.4 Å². The van der Waals surface area contributed by atoms with Crippen LogP contribution in [0.15, 0.2) is 42.5 Å². The Balaban J connectivity index is 1.40. The number of Topliss-reactive ketones (excluding diaryl/α,β-unsaturated/α-hetero) is 1. The summed E-state index contributed by atoms with van der Waals surface area (Å²) in [6.45, 7) is 1.83. The quantitative estimate of drug-likeness (QED) is 0.544. The van der Waals surface area contributed by atoms with E-state index in [0.717, 1.165) is 25.9 Å². The fourth-order valence-electron chi connectivity index (χ4n) is 4.06. The number of ketones is 1. The van der Waals surface area contributed by atoms with Crippen molar-refractivity contribution < 1.29 is 28.6 Å². The molecule has 2 aliphatic rings. The second-order valence-electron chi connectivity index (χ2n) is 8.10. The Morgan fingerprint density at radius 1 is 1.06 bits per heavy atom. The fraction of sp³-hybridized carbons (Fsp3) is 0.400. The van der Waals surface area contributed by atoms with Gasteiger partial charge in [0.2, 0.25) is 5.91 Å². The van der Waals surface area contributed by atoms with Gasteiger partial charge in [0.15, 0.2) is 19.0 Å². The van der Waals surface area contributed by atoms with E-state index in [9.17, 15) is 14.4 Å². The fourth-order valence-corrected chi connectivity index (χ4v) is 4.06. The maximum Gasteiger partial charge on any atom is 0.265 e. The summed E-state index contributed by atoms with van der Waals surface area (Å²) in [5.74, 6) is 1.45. The normalized spacial score (nSPS) is 15.1. The maximum atomic E-state index is 12.7. The molecule has 1 fully saturated rings. The highest BCUT2D eigenvalue weighted by molar-refractivity contribution is 6.02. The number of fused-ring (bicyclic) bond motifs is 1. The summed E-state index contributed by atoms with van der Waals surface area (Å²) in [5.41, 5.74) is 0.972. The molecule has 8 nitrogen and oxygen atoms in total. The largest absolute Gasteiger partial charge is 0.497 e. The number of likely N-dealkylation sites (tertiary alicyclic amines) is 1. The highest BCUT2D eigenvalue weighted by Crippen LogP contribution is 2.33. The standard InChI is InChI=1S/C25H28N2O6/c1-31-19-6-4-7-20(15-19)32-16-22(28)18-9-10-23-21(14-18)27(25(30)17-33-23)13-5-8-24(29)26-11-2-3-12-26/h4,6-7,9-10,14-15H,2-3,5,8,11-13,16-17H2,1H3. The molecule has 2 aromatic carbocycles. The lowest BCUT2D eigenvalue weighted by molar-refractivity contribution is -0.130. The number of hydrogen-bond donors (Lipinski definition) is 0. The zero-order chi connectivity index (χ0) is 23.2. The first-order valence-electron chi connectivity index (χ1n) is 11.2. The molecule has 0 aromatic heterocycles.